The van der Waals surface area contributed by atoms with Gasteiger partial charge in [0.2, 0.25) is 11.8 Å². The highest BCUT2D eigenvalue weighted by atomic mass is 16.4. The third-order valence-electron chi connectivity index (χ3n) is 7.98. The van der Waals surface area contributed by atoms with Crippen LogP contribution in [-0.4, -0.2) is 98.9 Å². The number of piperidine rings is 1. The van der Waals surface area contributed by atoms with Gasteiger partial charge in [0.05, 0.1) is 5.92 Å². The fourth-order valence-electron chi connectivity index (χ4n) is 5.74. The molecule has 3 N–H and O–H groups in total. The standard InChI is InChI=1S/C26H40N6O5/c33-22(7-5-3-1-2-4-6-21-28-12-13-29-21)30-14-16-31(17-15-30)26(37)32-23(25(35)36)20(24(32)34)18-19-8-10-27-11-9-19/h12-13,19-20,23,27H,1-11,14-18H2,(H,28,29)(H,35,36)/t20-,23+/m1/s1. The summed E-state index contributed by atoms with van der Waals surface area (Å²) in [7, 11) is 0. The molecule has 0 radical (unpaired) electrons. The number of imidazole rings is 1. The highest BCUT2D eigenvalue weighted by Gasteiger charge is 2.56. The van der Waals surface area contributed by atoms with Crippen molar-refractivity contribution in [2.24, 2.45) is 11.8 Å². The topological polar surface area (TPSA) is 139 Å². The maximum atomic E-state index is 13.0. The molecular formula is C26H40N6O5. The quantitative estimate of drug-likeness (QED) is 0.301. The van der Waals surface area contributed by atoms with Crippen LogP contribution >= 0.6 is 0 Å². The molecule has 0 bridgehead atoms. The van der Waals surface area contributed by atoms with E-state index in [9.17, 15) is 24.3 Å². The molecule has 3 saturated heterocycles. The number of aromatic nitrogens is 2. The van der Waals surface area contributed by atoms with Crippen LogP contribution in [0.15, 0.2) is 12.4 Å². The molecule has 1 aromatic rings. The van der Waals surface area contributed by atoms with Crippen LogP contribution in [0.2, 0.25) is 0 Å². The van der Waals surface area contributed by atoms with Gasteiger partial charge in [-0.05, 0) is 51.1 Å². The van der Waals surface area contributed by atoms with Crippen molar-refractivity contribution < 1.29 is 24.3 Å². The van der Waals surface area contributed by atoms with Crippen LogP contribution in [0.5, 0.6) is 0 Å². The Morgan fingerprint density at radius 1 is 0.973 bits per heavy atom. The number of carbonyl (C=O) groups is 4. The van der Waals surface area contributed by atoms with Gasteiger partial charge in [-0.15, -0.1) is 0 Å². The van der Waals surface area contributed by atoms with Gasteiger partial charge in [-0.1, -0.05) is 19.3 Å². The Morgan fingerprint density at radius 2 is 1.65 bits per heavy atom. The summed E-state index contributed by atoms with van der Waals surface area (Å²) in [5.74, 6) is -0.710. The summed E-state index contributed by atoms with van der Waals surface area (Å²) in [6.45, 7) is 3.19. The van der Waals surface area contributed by atoms with E-state index in [1.54, 1.807) is 11.1 Å². The average Bonchev–Trinajstić information content (AvgIpc) is 3.43. The molecule has 1 aromatic heterocycles. The van der Waals surface area contributed by atoms with Gasteiger partial charge < -0.3 is 25.2 Å². The molecule has 4 heterocycles. The summed E-state index contributed by atoms with van der Waals surface area (Å²) in [5, 5.41) is 13.0. The first-order chi connectivity index (χ1) is 18.0. The lowest BCUT2D eigenvalue weighted by atomic mass is 9.78. The minimum absolute atomic E-state index is 0.0909. The Kier molecular flexibility index (Phi) is 9.54. The Hall–Kier alpha value is -2.95. The second-order valence-corrected chi connectivity index (χ2v) is 10.5. The van der Waals surface area contributed by atoms with Gasteiger partial charge in [-0.2, -0.15) is 0 Å². The Labute approximate surface area is 218 Å². The number of amides is 4. The lowest BCUT2D eigenvalue weighted by molar-refractivity contribution is -0.167. The number of H-pyrrole nitrogens is 1. The maximum Gasteiger partial charge on any atom is 0.327 e. The molecule has 11 nitrogen and oxygen atoms in total. The molecule has 0 unspecified atom stereocenters. The molecule has 3 aliphatic rings. The van der Waals surface area contributed by atoms with Crippen LogP contribution in [0.3, 0.4) is 0 Å². The van der Waals surface area contributed by atoms with E-state index in [-0.39, 0.29) is 11.8 Å². The van der Waals surface area contributed by atoms with Crippen LogP contribution in [-0.2, 0) is 20.8 Å². The van der Waals surface area contributed by atoms with E-state index >= 15 is 0 Å². The number of unbranched alkanes of at least 4 members (excludes halogenated alkanes) is 4. The maximum absolute atomic E-state index is 13.0. The summed E-state index contributed by atoms with van der Waals surface area (Å²) < 4.78 is 0. The zero-order chi connectivity index (χ0) is 26.2. The van der Waals surface area contributed by atoms with Gasteiger partial charge in [-0.25, -0.2) is 19.5 Å². The smallest absolute Gasteiger partial charge is 0.327 e. The van der Waals surface area contributed by atoms with E-state index < -0.39 is 24.0 Å². The van der Waals surface area contributed by atoms with Crippen molar-refractivity contribution in [2.45, 2.75) is 70.3 Å². The molecule has 11 heteroatoms. The highest BCUT2D eigenvalue weighted by Crippen LogP contribution is 2.35. The largest absolute Gasteiger partial charge is 0.480 e. The number of piperazine rings is 1. The van der Waals surface area contributed by atoms with Crippen molar-refractivity contribution in [1.82, 2.24) is 30.0 Å². The number of likely N-dealkylation sites (tertiary alicyclic amines) is 1. The fourth-order valence-corrected chi connectivity index (χ4v) is 5.74. The van der Waals surface area contributed by atoms with E-state index in [1.165, 1.54) is 4.90 Å². The van der Waals surface area contributed by atoms with Crippen LogP contribution < -0.4 is 5.32 Å². The van der Waals surface area contributed by atoms with Crippen LogP contribution in [0.25, 0.3) is 0 Å². The molecule has 2 atom stereocenters. The van der Waals surface area contributed by atoms with E-state index in [4.69, 9.17) is 0 Å². The molecule has 37 heavy (non-hydrogen) atoms. The third-order valence-corrected chi connectivity index (χ3v) is 7.98. The van der Waals surface area contributed by atoms with Gasteiger partial charge in [0.1, 0.15) is 5.82 Å². The molecule has 0 saturated carbocycles. The number of nitrogens with one attached hydrogen (secondary N) is 2. The van der Waals surface area contributed by atoms with E-state index in [2.05, 4.69) is 15.3 Å². The fraction of sp³-hybridized carbons (Fsp3) is 0.731. The Morgan fingerprint density at radius 3 is 2.32 bits per heavy atom. The summed E-state index contributed by atoms with van der Waals surface area (Å²) in [6, 6.07) is -1.63. The van der Waals surface area contributed by atoms with Crippen molar-refractivity contribution in [3.63, 3.8) is 0 Å². The van der Waals surface area contributed by atoms with Gasteiger partial charge in [0.25, 0.3) is 0 Å². The Bertz CT molecular complexity index is 924. The first kappa shape index (κ1) is 27.1. The SMILES string of the molecule is O=C(O)[C@@H]1[C@@H](CC2CCNCC2)C(=O)N1C(=O)N1CCN(C(=O)CCCCCCCc2ncc[nH]2)CC1. The number of aryl methyl sites for hydroxylation is 1. The number of aliphatic carboxylic acids is 1. The van der Waals surface area contributed by atoms with Gasteiger partial charge in [0, 0.05) is 51.4 Å². The van der Waals surface area contributed by atoms with E-state index in [1.807, 2.05) is 6.20 Å². The average molecular weight is 517 g/mol. The van der Waals surface area contributed by atoms with Crippen LogP contribution in [0.4, 0.5) is 4.79 Å². The molecule has 0 aromatic carbocycles. The van der Waals surface area contributed by atoms with Crippen LogP contribution in [0.1, 0.15) is 63.6 Å². The number of carboxylic acids is 1. The van der Waals surface area contributed by atoms with Crippen LogP contribution in [0, 0.1) is 11.8 Å². The number of urea groups is 1. The van der Waals surface area contributed by atoms with Crippen molar-refractivity contribution in [1.29, 1.82) is 0 Å². The summed E-state index contributed by atoms with van der Waals surface area (Å²) in [5.41, 5.74) is 0. The van der Waals surface area contributed by atoms with Crippen molar-refractivity contribution >= 4 is 23.8 Å². The molecular weight excluding hydrogens is 476 g/mol. The third kappa shape index (κ3) is 6.88. The first-order valence-corrected chi connectivity index (χ1v) is 13.8. The van der Waals surface area contributed by atoms with Crippen molar-refractivity contribution in [3.05, 3.63) is 18.2 Å². The summed E-state index contributed by atoms with van der Waals surface area (Å²) >= 11 is 0. The minimum Gasteiger partial charge on any atom is -0.480 e. The number of nitrogens with zero attached hydrogens (tertiary/aromatic N) is 4. The normalized spacial score (nSPS) is 22.7. The van der Waals surface area contributed by atoms with Gasteiger partial charge in [-0.3, -0.25) is 9.59 Å². The number of carbonyl (C=O) groups excluding carboxylic acids is 3. The molecule has 4 rings (SSSR count). The van der Waals surface area contributed by atoms with E-state index in [0.717, 1.165) is 75.2 Å². The molecule has 204 valence electrons. The second-order valence-electron chi connectivity index (χ2n) is 10.5. The first-order valence-electron chi connectivity index (χ1n) is 13.8. The van der Waals surface area contributed by atoms with E-state index in [0.29, 0.717) is 44.9 Å². The monoisotopic (exact) mass is 516 g/mol. The molecule has 4 amide bonds. The second kappa shape index (κ2) is 13.0. The molecule has 0 aliphatic carbocycles. The minimum atomic E-state index is -1.12. The predicted molar refractivity (Wildman–Crippen MR) is 136 cm³/mol. The highest BCUT2D eigenvalue weighted by molar-refractivity contribution is 6.07. The van der Waals surface area contributed by atoms with Crippen molar-refractivity contribution in [2.75, 3.05) is 39.3 Å². The number of rotatable bonds is 11. The summed E-state index contributed by atoms with van der Waals surface area (Å²) in [6.07, 6.45) is 12.5. The number of β-lactam (4-membered cyclic amide) rings is 1. The molecule has 3 aliphatic heterocycles. The number of aromatic amines is 1. The predicted octanol–water partition coefficient (Wildman–Crippen LogP) is 1.86. The Balaban J connectivity index is 1.14. The molecule has 0 spiro atoms. The van der Waals surface area contributed by atoms with Gasteiger partial charge >= 0.3 is 12.0 Å². The number of carboxylic acid groups (broad SMARTS) is 1. The summed E-state index contributed by atoms with van der Waals surface area (Å²) in [4.78, 5) is 61.9. The lowest BCUT2D eigenvalue weighted by Crippen LogP contribution is -2.69. The molecule has 3 fully saturated rings. The zero-order valence-corrected chi connectivity index (χ0v) is 21.6. The zero-order valence-electron chi connectivity index (χ0n) is 21.6. The lowest BCUT2D eigenvalue weighted by Gasteiger charge is -2.47. The number of imide groups is 1. The van der Waals surface area contributed by atoms with Crippen molar-refractivity contribution in [3.8, 4) is 0 Å². The number of hydrogen-bond acceptors (Lipinski definition) is 6. The number of hydrogen-bond donors (Lipinski definition) is 3. The van der Waals surface area contributed by atoms with Gasteiger partial charge in [0.15, 0.2) is 6.04 Å².